The van der Waals surface area contributed by atoms with Crippen LogP contribution in [0, 0.1) is 0 Å². The van der Waals surface area contributed by atoms with Crippen molar-refractivity contribution < 1.29 is 0 Å². The van der Waals surface area contributed by atoms with Crippen molar-refractivity contribution in [1.29, 1.82) is 0 Å². The second-order valence-corrected chi connectivity index (χ2v) is 7.98. The van der Waals surface area contributed by atoms with Gasteiger partial charge in [-0.1, -0.05) is 43.6 Å². The van der Waals surface area contributed by atoms with E-state index >= 15 is 0 Å². The minimum absolute atomic E-state index is 0.855. The van der Waals surface area contributed by atoms with E-state index in [0.717, 1.165) is 31.1 Å². The third-order valence-electron chi connectivity index (χ3n) is 5.53. The topological polar surface area (TPSA) is 19.4 Å². The molecule has 0 radical (unpaired) electrons. The number of aryl methyl sites for hydroxylation is 1. The molecule has 0 spiro atoms. The third-order valence-corrected chi connectivity index (χ3v) is 6.60. The van der Waals surface area contributed by atoms with Crippen molar-refractivity contribution in [3.63, 3.8) is 0 Å². The smallest absolute Gasteiger partial charge is 0.186 e. The van der Waals surface area contributed by atoms with Crippen LogP contribution in [0.15, 0.2) is 18.2 Å². The molecule has 1 aromatic heterocycles. The molecule has 0 amide bonds. The van der Waals surface area contributed by atoms with Crippen molar-refractivity contribution in [3.8, 4) is 0 Å². The third kappa shape index (κ3) is 3.24. The molecule has 2 aromatic rings. The maximum Gasteiger partial charge on any atom is 0.186 e. The first-order valence-corrected chi connectivity index (χ1v) is 10.0. The van der Waals surface area contributed by atoms with Crippen LogP contribution in [0.25, 0.3) is 10.2 Å². The van der Waals surface area contributed by atoms with Crippen LogP contribution in [0.4, 0.5) is 5.13 Å². The fraction of sp³-hybridized carbons (Fsp3) is 0.632. The van der Waals surface area contributed by atoms with E-state index in [1.165, 1.54) is 60.6 Å². The van der Waals surface area contributed by atoms with Gasteiger partial charge >= 0.3 is 0 Å². The molecule has 1 aliphatic carbocycles. The summed E-state index contributed by atoms with van der Waals surface area (Å²) in [6.07, 6.45) is 8.25. The number of piperazine rings is 1. The van der Waals surface area contributed by atoms with Crippen molar-refractivity contribution >= 4 is 26.7 Å². The zero-order chi connectivity index (χ0) is 15.6. The van der Waals surface area contributed by atoms with Crippen molar-refractivity contribution in [3.05, 3.63) is 23.8 Å². The predicted molar refractivity (Wildman–Crippen MR) is 99.7 cm³/mol. The monoisotopic (exact) mass is 329 g/mol. The number of anilines is 1. The molecule has 2 fully saturated rings. The summed E-state index contributed by atoms with van der Waals surface area (Å²) >= 11 is 1.87. The Bertz CT molecular complexity index is 652. The maximum atomic E-state index is 4.88. The molecule has 1 aromatic carbocycles. The van der Waals surface area contributed by atoms with Crippen LogP contribution in [-0.2, 0) is 6.42 Å². The highest BCUT2D eigenvalue weighted by molar-refractivity contribution is 7.22. The van der Waals surface area contributed by atoms with Crippen LogP contribution in [0.2, 0.25) is 0 Å². The summed E-state index contributed by atoms with van der Waals surface area (Å²) in [4.78, 5) is 10.1. The molecule has 2 heterocycles. The highest BCUT2D eigenvalue weighted by atomic mass is 32.1. The number of hydrogen-bond acceptors (Lipinski definition) is 4. The van der Waals surface area contributed by atoms with E-state index in [4.69, 9.17) is 4.98 Å². The van der Waals surface area contributed by atoms with Crippen molar-refractivity contribution in [2.45, 2.75) is 51.5 Å². The Morgan fingerprint density at radius 2 is 1.87 bits per heavy atom. The Balaban J connectivity index is 1.43. The molecule has 23 heavy (non-hydrogen) atoms. The van der Waals surface area contributed by atoms with Gasteiger partial charge in [0.15, 0.2) is 5.13 Å². The second-order valence-electron chi connectivity index (χ2n) is 6.97. The second kappa shape index (κ2) is 6.78. The van der Waals surface area contributed by atoms with Crippen LogP contribution in [0.3, 0.4) is 0 Å². The number of aromatic nitrogens is 1. The van der Waals surface area contributed by atoms with Gasteiger partial charge in [0.2, 0.25) is 0 Å². The maximum absolute atomic E-state index is 4.88. The SMILES string of the molecule is CCc1ccc2nc(N3CCN(C4CCCCC4)CC3)sc2c1. The Hall–Kier alpha value is -1.13. The Morgan fingerprint density at radius 1 is 1.09 bits per heavy atom. The fourth-order valence-electron chi connectivity index (χ4n) is 4.04. The number of thiazole rings is 1. The first-order valence-electron chi connectivity index (χ1n) is 9.22. The number of nitrogens with zero attached hydrogens (tertiary/aromatic N) is 3. The van der Waals surface area contributed by atoms with E-state index in [1.54, 1.807) is 0 Å². The van der Waals surface area contributed by atoms with Crippen LogP contribution in [-0.4, -0.2) is 42.1 Å². The van der Waals surface area contributed by atoms with Gasteiger partial charge in [0.05, 0.1) is 10.2 Å². The molecule has 0 unspecified atom stereocenters. The van der Waals surface area contributed by atoms with Gasteiger partial charge in [0, 0.05) is 32.2 Å². The van der Waals surface area contributed by atoms with Gasteiger partial charge in [0.1, 0.15) is 0 Å². The molecule has 1 aliphatic heterocycles. The normalized spacial score (nSPS) is 21.2. The number of benzene rings is 1. The summed E-state index contributed by atoms with van der Waals surface area (Å²) in [5, 5.41) is 1.22. The van der Waals surface area contributed by atoms with Gasteiger partial charge in [-0.3, -0.25) is 4.90 Å². The van der Waals surface area contributed by atoms with E-state index in [9.17, 15) is 0 Å². The van der Waals surface area contributed by atoms with E-state index in [1.807, 2.05) is 11.3 Å². The van der Waals surface area contributed by atoms with Crippen LogP contribution < -0.4 is 4.90 Å². The summed E-state index contributed by atoms with van der Waals surface area (Å²) in [6, 6.07) is 7.57. The van der Waals surface area contributed by atoms with Crippen molar-refractivity contribution in [2.75, 3.05) is 31.1 Å². The first kappa shape index (κ1) is 15.4. The molecule has 4 heteroatoms. The molecule has 3 nitrogen and oxygen atoms in total. The first-order chi connectivity index (χ1) is 11.3. The Kier molecular flexibility index (Phi) is 4.54. The van der Waals surface area contributed by atoms with E-state index in [0.29, 0.717) is 0 Å². The lowest BCUT2D eigenvalue weighted by atomic mass is 9.94. The van der Waals surface area contributed by atoms with Gasteiger partial charge in [-0.05, 0) is 37.0 Å². The molecular formula is C19H27N3S. The largest absolute Gasteiger partial charge is 0.345 e. The highest BCUT2D eigenvalue weighted by Gasteiger charge is 2.26. The van der Waals surface area contributed by atoms with Gasteiger partial charge in [0.25, 0.3) is 0 Å². The predicted octanol–water partition coefficient (Wildman–Crippen LogP) is 4.31. The van der Waals surface area contributed by atoms with E-state index in [-0.39, 0.29) is 0 Å². The van der Waals surface area contributed by atoms with Crippen molar-refractivity contribution in [1.82, 2.24) is 9.88 Å². The average molecular weight is 330 g/mol. The molecule has 4 rings (SSSR count). The molecule has 1 saturated heterocycles. The molecular weight excluding hydrogens is 302 g/mol. The summed E-state index contributed by atoms with van der Waals surface area (Å²) in [5.74, 6) is 0. The lowest BCUT2D eigenvalue weighted by Crippen LogP contribution is -2.50. The van der Waals surface area contributed by atoms with Gasteiger partial charge < -0.3 is 4.90 Å². The lowest BCUT2D eigenvalue weighted by Gasteiger charge is -2.40. The fourth-order valence-corrected chi connectivity index (χ4v) is 5.12. The number of rotatable bonds is 3. The summed E-state index contributed by atoms with van der Waals surface area (Å²) in [6.45, 7) is 6.91. The van der Waals surface area contributed by atoms with Gasteiger partial charge in [-0.25, -0.2) is 4.98 Å². The number of hydrogen-bond donors (Lipinski definition) is 0. The minimum atomic E-state index is 0.855. The molecule has 0 bridgehead atoms. The summed E-state index contributed by atoms with van der Waals surface area (Å²) in [5.41, 5.74) is 2.58. The number of fused-ring (bicyclic) bond motifs is 1. The highest BCUT2D eigenvalue weighted by Crippen LogP contribution is 2.31. The molecule has 2 aliphatic rings. The van der Waals surface area contributed by atoms with Gasteiger partial charge in [-0.15, -0.1) is 0 Å². The standard InChI is InChI=1S/C19H27N3S/c1-2-15-8-9-17-18(14-15)23-19(20-17)22-12-10-21(11-13-22)16-6-4-3-5-7-16/h8-9,14,16H,2-7,10-13H2,1H3. The summed E-state index contributed by atoms with van der Waals surface area (Å²) < 4.78 is 1.34. The Labute approximate surface area is 143 Å². The Morgan fingerprint density at radius 3 is 2.61 bits per heavy atom. The quantitative estimate of drug-likeness (QED) is 0.836. The minimum Gasteiger partial charge on any atom is -0.345 e. The van der Waals surface area contributed by atoms with Crippen LogP contribution in [0.5, 0.6) is 0 Å². The molecule has 0 N–H and O–H groups in total. The average Bonchev–Trinajstić information content (AvgIpc) is 3.05. The van der Waals surface area contributed by atoms with Crippen LogP contribution >= 0.6 is 11.3 Å². The van der Waals surface area contributed by atoms with Crippen LogP contribution in [0.1, 0.15) is 44.6 Å². The van der Waals surface area contributed by atoms with Gasteiger partial charge in [-0.2, -0.15) is 0 Å². The molecule has 1 saturated carbocycles. The van der Waals surface area contributed by atoms with Crippen molar-refractivity contribution in [2.24, 2.45) is 0 Å². The zero-order valence-corrected chi connectivity index (χ0v) is 14.9. The zero-order valence-electron chi connectivity index (χ0n) is 14.1. The van der Waals surface area contributed by atoms with E-state index in [2.05, 4.69) is 34.9 Å². The summed E-state index contributed by atoms with van der Waals surface area (Å²) in [7, 11) is 0. The van der Waals surface area contributed by atoms with E-state index < -0.39 is 0 Å². The molecule has 0 atom stereocenters. The molecule has 124 valence electrons. The lowest BCUT2D eigenvalue weighted by molar-refractivity contribution is 0.148.